The minimum absolute atomic E-state index is 0.141. The number of fused-ring (bicyclic) bond motifs is 2. The van der Waals surface area contributed by atoms with Crippen LogP contribution < -0.4 is 5.32 Å². The van der Waals surface area contributed by atoms with E-state index in [1.54, 1.807) is 12.1 Å². The molecule has 5 nitrogen and oxygen atoms in total. The molecular formula is C12H12Cl2N2O3S. The predicted octanol–water partition coefficient (Wildman–Crippen LogP) is 1.85. The molecule has 1 spiro atoms. The lowest BCUT2D eigenvalue weighted by Gasteiger charge is -2.21. The number of halogens is 2. The van der Waals surface area contributed by atoms with Gasteiger partial charge in [0.15, 0.2) is 0 Å². The molecule has 2 aliphatic rings. The first kappa shape index (κ1) is 14.1. The molecule has 0 aromatic heterocycles. The van der Waals surface area contributed by atoms with E-state index in [9.17, 15) is 13.2 Å². The van der Waals surface area contributed by atoms with Gasteiger partial charge < -0.3 is 5.32 Å². The lowest BCUT2D eigenvalue weighted by Crippen LogP contribution is -2.39. The van der Waals surface area contributed by atoms with Crippen molar-refractivity contribution in [1.29, 1.82) is 0 Å². The molecule has 1 atom stereocenters. The number of rotatable bonds is 1. The summed E-state index contributed by atoms with van der Waals surface area (Å²) in [7, 11) is -3.32. The molecule has 2 aliphatic heterocycles. The monoisotopic (exact) mass is 334 g/mol. The average Bonchev–Trinajstić information content (AvgIpc) is 2.88. The normalized spacial score (nSPS) is 26.1. The summed E-state index contributed by atoms with van der Waals surface area (Å²) in [5, 5.41) is 3.49. The highest BCUT2D eigenvalue weighted by Crippen LogP contribution is 2.47. The summed E-state index contributed by atoms with van der Waals surface area (Å²) in [5.74, 6) is -0.197. The highest BCUT2D eigenvalue weighted by molar-refractivity contribution is 7.88. The van der Waals surface area contributed by atoms with Gasteiger partial charge in [0.2, 0.25) is 15.9 Å². The number of nitrogens with one attached hydrogen (secondary N) is 1. The standard InChI is InChI=1S/C12H12Cl2N2O3S/c1-20(18,19)16-3-2-12(6-16)7-4-8(13)9(14)5-10(7)15-11(12)17/h4-5H,2-3,6H2,1H3,(H,15,17)/t12-/m1/s1. The molecule has 0 radical (unpaired) electrons. The van der Waals surface area contributed by atoms with E-state index in [1.165, 1.54) is 4.31 Å². The Kier molecular flexibility index (Phi) is 3.06. The van der Waals surface area contributed by atoms with Crippen LogP contribution in [0.2, 0.25) is 10.0 Å². The number of anilines is 1. The van der Waals surface area contributed by atoms with Crippen molar-refractivity contribution in [2.24, 2.45) is 0 Å². The highest BCUT2D eigenvalue weighted by Gasteiger charge is 2.53. The van der Waals surface area contributed by atoms with Gasteiger partial charge in [0, 0.05) is 18.8 Å². The molecule has 1 N–H and O–H groups in total. The van der Waals surface area contributed by atoms with Gasteiger partial charge in [0.1, 0.15) is 0 Å². The van der Waals surface area contributed by atoms with Crippen molar-refractivity contribution in [3.05, 3.63) is 27.7 Å². The van der Waals surface area contributed by atoms with Crippen molar-refractivity contribution >= 4 is 44.8 Å². The van der Waals surface area contributed by atoms with Gasteiger partial charge >= 0.3 is 0 Å². The maximum absolute atomic E-state index is 12.3. The summed E-state index contributed by atoms with van der Waals surface area (Å²) in [4.78, 5) is 12.3. The van der Waals surface area contributed by atoms with E-state index in [4.69, 9.17) is 23.2 Å². The van der Waals surface area contributed by atoms with Crippen LogP contribution in [-0.4, -0.2) is 38.0 Å². The summed E-state index contributed by atoms with van der Waals surface area (Å²) >= 11 is 12.0. The fraction of sp³-hybridized carbons (Fsp3) is 0.417. The van der Waals surface area contributed by atoms with Gasteiger partial charge in [0.05, 0.1) is 21.7 Å². The zero-order chi connectivity index (χ0) is 14.7. The van der Waals surface area contributed by atoms with Gasteiger partial charge in [-0.1, -0.05) is 23.2 Å². The molecule has 0 aliphatic carbocycles. The Morgan fingerprint density at radius 3 is 2.55 bits per heavy atom. The third kappa shape index (κ3) is 1.94. The van der Waals surface area contributed by atoms with E-state index in [1.807, 2.05) is 0 Å². The van der Waals surface area contributed by atoms with Gasteiger partial charge in [-0.3, -0.25) is 4.79 Å². The topological polar surface area (TPSA) is 66.5 Å². The van der Waals surface area contributed by atoms with Crippen LogP contribution in [0, 0.1) is 0 Å². The third-order valence-electron chi connectivity index (χ3n) is 3.96. The molecule has 20 heavy (non-hydrogen) atoms. The van der Waals surface area contributed by atoms with Crippen LogP contribution in [-0.2, 0) is 20.2 Å². The van der Waals surface area contributed by atoms with Crippen molar-refractivity contribution in [3.63, 3.8) is 0 Å². The molecule has 3 rings (SSSR count). The number of benzene rings is 1. The molecule has 2 heterocycles. The van der Waals surface area contributed by atoms with Gasteiger partial charge in [-0.25, -0.2) is 12.7 Å². The number of nitrogens with zero attached hydrogens (tertiary/aromatic N) is 1. The Balaban J connectivity index is 2.09. The zero-order valence-electron chi connectivity index (χ0n) is 10.6. The summed E-state index contributed by atoms with van der Waals surface area (Å²) in [6.07, 6.45) is 1.59. The van der Waals surface area contributed by atoms with Crippen molar-refractivity contribution in [2.45, 2.75) is 11.8 Å². The summed E-state index contributed by atoms with van der Waals surface area (Å²) in [6.45, 7) is 0.467. The first-order valence-electron chi connectivity index (χ1n) is 6.00. The molecular weight excluding hydrogens is 323 g/mol. The average molecular weight is 335 g/mol. The van der Waals surface area contributed by atoms with Crippen LogP contribution in [0.15, 0.2) is 12.1 Å². The highest BCUT2D eigenvalue weighted by atomic mass is 35.5. The fourth-order valence-electron chi connectivity index (χ4n) is 2.87. The predicted molar refractivity (Wildman–Crippen MR) is 77.8 cm³/mol. The second-order valence-electron chi connectivity index (χ2n) is 5.19. The number of hydrogen-bond donors (Lipinski definition) is 1. The molecule has 0 saturated carbocycles. The first-order valence-corrected chi connectivity index (χ1v) is 8.60. The Labute approximate surface area is 126 Å². The van der Waals surface area contributed by atoms with Crippen molar-refractivity contribution in [2.75, 3.05) is 24.7 Å². The molecule has 1 saturated heterocycles. The first-order chi connectivity index (χ1) is 9.24. The van der Waals surface area contributed by atoms with E-state index in [0.717, 1.165) is 11.8 Å². The molecule has 1 aromatic rings. The van der Waals surface area contributed by atoms with Crippen molar-refractivity contribution < 1.29 is 13.2 Å². The third-order valence-corrected chi connectivity index (χ3v) is 5.93. The number of carbonyl (C=O) groups is 1. The Morgan fingerprint density at radius 1 is 1.30 bits per heavy atom. The van der Waals surface area contributed by atoms with Crippen LogP contribution in [0.3, 0.4) is 0 Å². The lowest BCUT2D eigenvalue weighted by atomic mass is 9.81. The van der Waals surface area contributed by atoms with Crippen LogP contribution in [0.1, 0.15) is 12.0 Å². The van der Waals surface area contributed by atoms with E-state index < -0.39 is 15.4 Å². The van der Waals surface area contributed by atoms with Gasteiger partial charge in [-0.15, -0.1) is 0 Å². The molecule has 108 valence electrons. The lowest BCUT2D eigenvalue weighted by molar-refractivity contribution is -0.120. The molecule has 8 heteroatoms. The summed E-state index contributed by atoms with van der Waals surface area (Å²) < 4.78 is 24.6. The van der Waals surface area contributed by atoms with Gasteiger partial charge in [-0.05, 0) is 24.1 Å². The van der Waals surface area contributed by atoms with E-state index in [0.29, 0.717) is 28.7 Å². The minimum Gasteiger partial charge on any atom is -0.325 e. The summed E-state index contributed by atoms with van der Waals surface area (Å²) in [5.41, 5.74) is 0.481. The van der Waals surface area contributed by atoms with E-state index in [-0.39, 0.29) is 12.5 Å². The minimum atomic E-state index is -3.32. The fourth-order valence-corrected chi connectivity index (χ4v) is 4.08. The summed E-state index contributed by atoms with van der Waals surface area (Å²) in [6, 6.07) is 3.26. The maximum Gasteiger partial charge on any atom is 0.236 e. The van der Waals surface area contributed by atoms with Crippen LogP contribution in [0.25, 0.3) is 0 Å². The molecule has 0 bridgehead atoms. The number of hydrogen-bond acceptors (Lipinski definition) is 3. The number of amides is 1. The smallest absolute Gasteiger partial charge is 0.236 e. The van der Waals surface area contributed by atoms with E-state index >= 15 is 0 Å². The molecule has 1 fully saturated rings. The van der Waals surface area contributed by atoms with Crippen molar-refractivity contribution in [3.8, 4) is 0 Å². The maximum atomic E-state index is 12.3. The zero-order valence-corrected chi connectivity index (χ0v) is 12.9. The van der Waals surface area contributed by atoms with Crippen LogP contribution in [0.5, 0.6) is 0 Å². The second kappa shape index (κ2) is 4.34. The van der Waals surface area contributed by atoms with Crippen LogP contribution >= 0.6 is 23.2 Å². The van der Waals surface area contributed by atoms with Gasteiger partial charge in [-0.2, -0.15) is 0 Å². The molecule has 1 amide bonds. The Morgan fingerprint density at radius 2 is 1.95 bits per heavy atom. The van der Waals surface area contributed by atoms with Gasteiger partial charge in [0.25, 0.3) is 0 Å². The quantitative estimate of drug-likeness (QED) is 0.852. The Hall–Kier alpha value is -0.820. The number of carbonyl (C=O) groups excluding carboxylic acids is 1. The van der Waals surface area contributed by atoms with Crippen molar-refractivity contribution in [1.82, 2.24) is 4.31 Å². The molecule has 1 aromatic carbocycles. The number of sulfonamides is 1. The SMILES string of the molecule is CS(=O)(=O)N1CC[C@]2(C1)C(=O)Nc1cc(Cl)c(Cl)cc12. The Bertz CT molecular complexity index is 720. The second-order valence-corrected chi connectivity index (χ2v) is 7.99. The van der Waals surface area contributed by atoms with E-state index in [2.05, 4.69) is 5.32 Å². The molecule has 0 unspecified atom stereocenters. The largest absolute Gasteiger partial charge is 0.325 e. The van der Waals surface area contributed by atoms with Crippen LogP contribution in [0.4, 0.5) is 5.69 Å².